The van der Waals surface area contributed by atoms with Gasteiger partial charge in [-0.25, -0.2) is 0 Å². The Bertz CT molecular complexity index is 2170. The van der Waals surface area contributed by atoms with Gasteiger partial charge < -0.3 is 29.3 Å². The van der Waals surface area contributed by atoms with E-state index >= 15 is 0 Å². The average Bonchev–Trinajstić information content (AvgIpc) is 3.77. The molecule has 7 rings (SSSR count). The molecule has 0 radical (unpaired) electrons. The summed E-state index contributed by atoms with van der Waals surface area (Å²) in [7, 11) is 0. The topological polar surface area (TPSA) is 134 Å². The number of amides is 1. The highest BCUT2D eigenvalue weighted by atomic mass is 16.5. The minimum Gasteiger partial charge on any atom is -0.490 e. The molecule has 0 fully saturated rings. The Morgan fingerprint density at radius 1 is 1.10 bits per heavy atom. The summed E-state index contributed by atoms with van der Waals surface area (Å²) in [5.41, 5.74) is 4.64. The summed E-state index contributed by atoms with van der Waals surface area (Å²) in [6.07, 6.45) is 11.3. The smallest absolute Gasteiger partial charge is 0.258 e. The van der Waals surface area contributed by atoms with Crippen LogP contribution in [0.1, 0.15) is 67.4 Å². The number of benzene rings is 2. The molecule has 0 saturated carbocycles. The first-order valence-electron chi connectivity index (χ1n) is 17.8. The van der Waals surface area contributed by atoms with Crippen molar-refractivity contribution in [3.63, 3.8) is 0 Å². The van der Waals surface area contributed by atoms with Crippen LogP contribution in [0.3, 0.4) is 0 Å². The van der Waals surface area contributed by atoms with Crippen LogP contribution in [-0.2, 0) is 16.0 Å². The van der Waals surface area contributed by atoms with Gasteiger partial charge in [-0.2, -0.15) is 5.10 Å². The summed E-state index contributed by atoms with van der Waals surface area (Å²) in [5, 5.41) is 29.2. The van der Waals surface area contributed by atoms with Crippen molar-refractivity contribution in [2.24, 2.45) is 0 Å². The van der Waals surface area contributed by atoms with Crippen LogP contribution in [0, 0.1) is 23.7 Å². The second kappa shape index (κ2) is 15.1. The normalized spacial score (nSPS) is 23.6. The molecule has 1 aromatic heterocycles. The third-order valence-corrected chi connectivity index (χ3v) is 9.90. The minimum absolute atomic E-state index is 0.0350. The van der Waals surface area contributed by atoms with Crippen LogP contribution >= 0.6 is 0 Å². The van der Waals surface area contributed by atoms with Gasteiger partial charge in [0.25, 0.3) is 5.91 Å². The zero-order valence-electron chi connectivity index (χ0n) is 29.3. The van der Waals surface area contributed by atoms with Gasteiger partial charge >= 0.3 is 0 Å². The summed E-state index contributed by atoms with van der Waals surface area (Å²) in [4.78, 5) is 28.8. The van der Waals surface area contributed by atoms with Gasteiger partial charge in [0.15, 0.2) is 22.9 Å². The monoisotopic (exact) mass is 699 g/mol. The molecule has 3 N–H and O–H groups in total. The Morgan fingerprint density at radius 3 is 2.77 bits per heavy atom. The number of aromatic amines is 1. The van der Waals surface area contributed by atoms with Gasteiger partial charge in [0.2, 0.25) is 0 Å². The first-order chi connectivity index (χ1) is 25.3. The molecule has 0 spiro atoms. The number of aryl methyl sites for hydroxylation is 1. The van der Waals surface area contributed by atoms with Crippen molar-refractivity contribution >= 4 is 28.2 Å². The molecule has 2 aliphatic carbocycles. The Kier molecular flexibility index (Phi) is 10.2. The van der Waals surface area contributed by atoms with E-state index in [-0.39, 0.29) is 50.6 Å². The SMILES string of the molecule is CC/C=C1\C2=C(C)C(=O)C[C@@]1(O)C#C/C=C\C#C[C@@H]2OCCCOc1cc2c(cc1OCCO)C(=O)N1C=C(c3ccc4[nH]ncc4c3)CC1CC2. The molecule has 266 valence electrons. The summed E-state index contributed by atoms with van der Waals surface area (Å²) < 4.78 is 18.4. The van der Waals surface area contributed by atoms with E-state index in [2.05, 4.69) is 46.0 Å². The highest BCUT2D eigenvalue weighted by molar-refractivity contribution is 6.01. The van der Waals surface area contributed by atoms with Crippen molar-refractivity contribution in [1.29, 1.82) is 0 Å². The molecular weight excluding hydrogens is 658 g/mol. The van der Waals surface area contributed by atoms with E-state index in [1.165, 1.54) is 0 Å². The van der Waals surface area contributed by atoms with Crippen molar-refractivity contribution in [3.05, 3.63) is 94.4 Å². The number of H-pyrrole nitrogens is 1. The summed E-state index contributed by atoms with van der Waals surface area (Å²) in [6.45, 7) is 4.10. The van der Waals surface area contributed by atoms with E-state index in [0.717, 1.165) is 40.4 Å². The minimum atomic E-state index is -1.61. The molecule has 3 heterocycles. The number of aliphatic hydroxyl groups is 2. The number of carbonyl (C=O) groups is 2. The molecule has 0 saturated heterocycles. The number of ketones is 1. The number of aromatic nitrogens is 2. The van der Waals surface area contributed by atoms with Gasteiger partial charge in [0, 0.05) is 35.2 Å². The molecule has 2 aromatic carbocycles. The lowest BCUT2D eigenvalue weighted by molar-refractivity contribution is -0.118. The van der Waals surface area contributed by atoms with E-state index in [1.54, 1.807) is 31.3 Å². The van der Waals surface area contributed by atoms with E-state index in [1.807, 2.05) is 36.2 Å². The van der Waals surface area contributed by atoms with Crippen LogP contribution in [0.15, 0.2) is 77.7 Å². The standard InChI is InChI=1S/C42H41N3O7/c1-3-9-34-40-27(2)36(47)24-42(34,49)15-7-5-4-6-10-37(40)50-17-8-18-51-38-22-29-11-13-32-21-31(28-12-14-35-30(20-28)25-43-44-35)26-45(32)41(48)33(29)23-39(38)52-19-16-46/h4-5,9,12,14,20,22-23,25-26,32,37,46,49H,3,8,11,13,16-19,21,24H2,1-2H3,(H,43,44)/b5-4-,34-9+/t32?,37-,42-/m0/s1. The van der Waals surface area contributed by atoms with Crippen LogP contribution < -0.4 is 9.47 Å². The highest BCUT2D eigenvalue weighted by Crippen LogP contribution is 2.41. The number of nitrogens with one attached hydrogen (secondary N) is 1. The summed E-state index contributed by atoms with van der Waals surface area (Å²) >= 11 is 0. The molecule has 10 heteroatoms. The van der Waals surface area contributed by atoms with E-state index in [4.69, 9.17) is 14.2 Å². The zero-order valence-corrected chi connectivity index (χ0v) is 29.3. The number of allylic oxidation sites excluding steroid dienone is 4. The third-order valence-electron chi connectivity index (χ3n) is 9.90. The molecule has 2 bridgehead atoms. The highest BCUT2D eigenvalue weighted by Gasteiger charge is 2.42. The number of hydrogen-bond acceptors (Lipinski definition) is 8. The lowest BCUT2D eigenvalue weighted by Crippen LogP contribution is -2.41. The number of nitrogens with zero attached hydrogens (tertiary/aromatic N) is 2. The van der Waals surface area contributed by atoms with Gasteiger partial charge in [-0.05, 0) is 96.9 Å². The molecule has 3 aromatic rings. The molecule has 1 unspecified atom stereocenters. The zero-order chi connectivity index (χ0) is 36.2. The molecular formula is C42H41N3O7. The first-order valence-corrected chi connectivity index (χ1v) is 17.8. The fraction of sp³-hybridized carbons (Fsp3) is 0.357. The summed E-state index contributed by atoms with van der Waals surface area (Å²) in [6, 6.07) is 9.81. The second-order valence-corrected chi connectivity index (χ2v) is 13.3. The number of carbonyl (C=O) groups excluding carboxylic acids is 2. The van der Waals surface area contributed by atoms with Crippen LogP contribution in [0.2, 0.25) is 0 Å². The Hall–Kier alpha value is -5.39. The Balaban J connectivity index is 1.06. The van der Waals surface area contributed by atoms with Crippen LogP contribution in [-0.4, -0.2) is 81.2 Å². The number of hydrogen-bond donors (Lipinski definition) is 3. The number of rotatable bonds is 11. The van der Waals surface area contributed by atoms with Crippen LogP contribution in [0.4, 0.5) is 0 Å². The maximum absolute atomic E-state index is 14.0. The molecule has 1 amide bonds. The predicted molar refractivity (Wildman–Crippen MR) is 196 cm³/mol. The van der Waals surface area contributed by atoms with Crippen molar-refractivity contribution in [3.8, 4) is 35.2 Å². The van der Waals surface area contributed by atoms with Gasteiger partial charge in [0.05, 0.1) is 38.0 Å². The van der Waals surface area contributed by atoms with Crippen LogP contribution in [0.5, 0.6) is 11.5 Å². The third kappa shape index (κ3) is 6.93. The number of ether oxygens (including phenoxy) is 3. The molecule has 3 atom stereocenters. The van der Waals surface area contributed by atoms with E-state index in [0.29, 0.717) is 53.0 Å². The van der Waals surface area contributed by atoms with Gasteiger partial charge in [-0.15, -0.1) is 0 Å². The first kappa shape index (κ1) is 35.0. The maximum atomic E-state index is 14.0. The van der Waals surface area contributed by atoms with Gasteiger partial charge in [0.1, 0.15) is 12.7 Å². The Labute approximate surface area is 302 Å². The average molecular weight is 700 g/mol. The summed E-state index contributed by atoms with van der Waals surface area (Å²) in [5.74, 6) is 12.3. The molecule has 10 nitrogen and oxygen atoms in total. The lowest BCUT2D eigenvalue weighted by atomic mass is 9.73. The molecule has 2 aliphatic heterocycles. The largest absolute Gasteiger partial charge is 0.490 e. The van der Waals surface area contributed by atoms with Crippen molar-refractivity contribution in [2.45, 2.75) is 70.1 Å². The number of Topliss-reactive ketones (excluding diaryl/α,β-unsaturated/α-hetero) is 1. The predicted octanol–water partition coefficient (Wildman–Crippen LogP) is 5.22. The fourth-order valence-electron chi connectivity index (χ4n) is 7.30. The van der Waals surface area contributed by atoms with Crippen molar-refractivity contribution in [2.75, 3.05) is 26.4 Å². The number of fused-ring (bicyclic) bond motifs is 5. The quantitative estimate of drug-likeness (QED) is 0.183. The van der Waals surface area contributed by atoms with Gasteiger partial charge in [-0.1, -0.05) is 42.7 Å². The van der Waals surface area contributed by atoms with Gasteiger partial charge in [-0.3, -0.25) is 14.7 Å². The Morgan fingerprint density at radius 2 is 1.92 bits per heavy atom. The van der Waals surface area contributed by atoms with Crippen LogP contribution in [0.25, 0.3) is 16.5 Å². The van der Waals surface area contributed by atoms with Crippen molar-refractivity contribution < 1.29 is 34.0 Å². The molecule has 52 heavy (non-hydrogen) atoms. The van der Waals surface area contributed by atoms with Crippen molar-refractivity contribution in [1.82, 2.24) is 15.1 Å². The maximum Gasteiger partial charge on any atom is 0.258 e. The molecule has 4 aliphatic rings. The van der Waals surface area contributed by atoms with E-state index in [9.17, 15) is 19.8 Å². The second-order valence-electron chi connectivity index (χ2n) is 13.3. The van der Waals surface area contributed by atoms with E-state index < -0.39 is 11.7 Å². The fourth-order valence-corrected chi connectivity index (χ4v) is 7.30. The lowest BCUT2D eigenvalue weighted by Gasteiger charge is -2.35. The number of aliphatic hydroxyl groups excluding tert-OH is 1.